The Hall–Kier alpha value is -3.36. The van der Waals surface area contributed by atoms with Gasteiger partial charge in [-0.2, -0.15) is 0 Å². The van der Waals surface area contributed by atoms with E-state index < -0.39 is 0 Å². The van der Waals surface area contributed by atoms with E-state index in [0.29, 0.717) is 21.7 Å². The summed E-state index contributed by atoms with van der Waals surface area (Å²) in [6.45, 7) is 9.40. The van der Waals surface area contributed by atoms with Crippen LogP contribution in [0.2, 0.25) is 0 Å². The summed E-state index contributed by atoms with van der Waals surface area (Å²) in [6, 6.07) is 19.4. The zero-order chi connectivity index (χ0) is 29.8. The van der Waals surface area contributed by atoms with Crippen LogP contribution >= 0.6 is 23.5 Å². The lowest BCUT2D eigenvalue weighted by atomic mass is 10.0. The zero-order valence-electron chi connectivity index (χ0n) is 24.7. The summed E-state index contributed by atoms with van der Waals surface area (Å²) < 4.78 is 7.05. The Bertz CT molecular complexity index is 1430. The van der Waals surface area contributed by atoms with Crippen molar-refractivity contribution in [2.24, 2.45) is 5.92 Å². The molecule has 2 heterocycles. The van der Waals surface area contributed by atoms with Crippen LogP contribution in [0.1, 0.15) is 61.8 Å². The fourth-order valence-electron chi connectivity index (χ4n) is 5.24. The highest BCUT2D eigenvalue weighted by Crippen LogP contribution is 2.61. The Morgan fingerprint density at radius 1 is 0.810 bits per heavy atom. The van der Waals surface area contributed by atoms with Gasteiger partial charge in [-0.05, 0) is 48.4 Å². The van der Waals surface area contributed by atoms with Gasteiger partial charge in [-0.15, -0.1) is 0 Å². The number of aromatic hydroxyl groups is 1. The Labute approximate surface area is 257 Å². The molecule has 0 aromatic heterocycles. The first-order chi connectivity index (χ1) is 20.3. The zero-order valence-corrected chi connectivity index (χ0v) is 26.3. The van der Waals surface area contributed by atoms with E-state index in [9.17, 15) is 14.7 Å². The van der Waals surface area contributed by atoms with Crippen LogP contribution in [-0.4, -0.2) is 33.5 Å². The summed E-state index contributed by atoms with van der Waals surface area (Å²) in [4.78, 5) is 29.4. The molecule has 1 atom stereocenters. The number of hydrogen-bond donors (Lipinski definition) is 1. The summed E-state index contributed by atoms with van der Waals surface area (Å²) in [5, 5.41) is 14.2. The van der Waals surface area contributed by atoms with Crippen molar-refractivity contribution in [2.75, 3.05) is 6.61 Å². The number of rotatable bonds is 11. The predicted molar refractivity (Wildman–Crippen MR) is 169 cm³/mol. The molecule has 1 unspecified atom stereocenters. The molecule has 6 nitrogen and oxygen atoms in total. The molecule has 1 fully saturated rings. The summed E-state index contributed by atoms with van der Waals surface area (Å²) in [5.41, 5.74) is 3.65. The average molecular weight is 603 g/mol. The SMILES string of the molecule is CCCCC(CC)COc1c(C)c(C)c(O)c2c1SC(=C1C(=O)N(Cc3ccccc3)N(Cc3ccccc3)C1=O)S2. The van der Waals surface area contributed by atoms with Gasteiger partial charge in [0.05, 0.1) is 33.7 Å². The molecule has 2 amide bonds. The number of hydrogen-bond acceptors (Lipinski definition) is 6. The third-order valence-corrected chi connectivity index (χ3v) is 10.6. The van der Waals surface area contributed by atoms with Gasteiger partial charge in [-0.1, -0.05) is 117 Å². The Kier molecular flexibility index (Phi) is 9.53. The predicted octanol–water partition coefficient (Wildman–Crippen LogP) is 8.00. The van der Waals surface area contributed by atoms with Crippen LogP contribution in [-0.2, 0) is 22.7 Å². The van der Waals surface area contributed by atoms with E-state index in [1.807, 2.05) is 74.5 Å². The third-order valence-electron chi connectivity index (χ3n) is 8.02. The molecule has 3 aromatic rings. The molecular formula is C34H38N2O4S2. The van der Waals surface area contributed by atoms with Gasteiger partial charge in [0.1, 0.15) is 17.1 Å². The molecule has 42 heavy (non-hydrogen) atoms. The Balaban J connectivity index is 1.50. The number of nitrogens with zero attached hydrogens (tertiary/aromatic N) is 2. The highest BCUT2D eigenvalue weighted by atomic mass is 32.2. The van der Waals surface area contributed by atoms with Gasteiger partial charge in [-0.25, -0.2) is 10.0 Å². The van der Waals surface area contributed by atoms with Gasteiger partial charge in [0, 0.05) is 0 Å². The maximum Gasteiger partial charge on any atom is 0.280 e. The van der Waals surface area contributed by atoms with Gasteiger partial charge in [0.2, 0.25) is 0 Å². The number of benzene rings is 3. The van der Waals surface area contributed by atoms with Gasteiger partial charge in [0.15, 0.2) is 0 Å². The second-order valence-corrected chi connectivity index (χ2v) is 13.2. The van der Waals surface area contributed by atoms with Gasteiger partial charge >= 0.3 is 0 Å². The minimum absolute atomic E-state index is 0.142. The van der Waals surface area contributed by atoms with Crippen molar-refractivity contribution in [1.82, 2.24) is 10.0 Å². The van der Waals surface area contributed by atoms with Gasteiger partial charge < -0.3 is 9.84 Å². The highest BCUT2D eigenvalue weighted by Gasteiger charge is 2.45. The number of unbranched alkanes of at least 4 members (excludes halogenated alkanes) is 1. The van der Waals surface area contributed by atoms with Gasteiger partial charge in [-0.3, -0.25) is 9.59 Å². The number of ether oxygens (including phenoxy) is 1. The number of amides is 2. The standard InChI is InChI=1S/C34H38N2O4S2/c1-5-7-14-24(6-2)21-40-29-23(4)22(3)28(37)30-31(29)42-34(41-30)27-32(38)35(19-25-15-10-8-11-16-25)36(33(27)39)20-26-17-12-9-13-18-26/h8-13,15-18,24,37H,5-7,14,19-21H2,1-4H3. The van der Waals surface area contributed by atoms with Crippen LogP contribution in [0, 0.1) is 19.8 Å². The second-order valence-electron chi connectivity index (χ2n) is 10.9. The second kappa shape index (κ2) is 13.3. The number of fused-ring (bicyclic) bond motifs is 1. The van der Waals surface area contributed by atoms with Crippen LogP contribution in [0.5, 0.6) is 11.5 Å². The van der Waals surface area contributed by atoms with Crippen LogP contribution in [0.25, 0.3) is 0 Å². The number of carbonyl (C=O) groups excluding carboxylic acids is 2. The van der Waals surface area contributed by atoms with Crippen molar-refractivity contribution in [2.45, 2.75) is 76.3 Å². The average Bonchev–Trinajstić information content (AvgIpc) is 3.53. The van der Waals surface area contributed by atoms with Crippen LogP contribution in [0.4, 0.5) is 0 Å². The first kappa shape index (κ1) is 30.1. The van der Waals surface area contributed by atoms with Crippen molar-refractivity contribution in [3.8, 4) is 11.5 Å². The minimum atomic E-state index is -0.330. The fourth-order valence-corrected chi connectivity index (χ4v) is 8.01. The Morgan fingerprint density at radius 2 is 1.36 bits per heavy atom. The first-order valence-corrected chi connectivity index (χ1v) is 16.3. The molecule has 0 spiro atoms. The molecule has 0 bridgehead atoms. The highest BCUT2D eigenvalue weighted by molar-refractivity contribution is 8.25. The van der Waals surface area contributed by atoms with Crippen molar-refractivity contribution >= 4 is 35.3 Å². The molecule has 220 valence electrons. The summed E-state index contributed by atoms with van der Waals surface area (Å²) in [5.74, 6) is 0.707. The van der Waals surface area contributed by atoms with Gasteiger partial charge in [0.25, 0.3) is 11.8 Å². The molecule has 0 radical (unpaired) electrons. The van der Waals surface area contributed by atoms with Crippen molar-refractivity contribution in [3.05, 3.63) is 92.7 Å². The number of hydrazine groups is 1. The summed E-state index contributed by atoms with van der Waals surface area (Å²) in [7, 11) is 0. The molecule has 0 saturated carbocycles. The molecule has 0 aliphatic carbocycles. The van der Waals surface area contributed by atoms with Crippen molar-refractivity contribution in [3.63, 3.8) is 0 Å². The molecule has 3 aromatic carbocycles. The fraction of sp³-hybridized carbons (Fsp3) is 0.353. The largest absolute Gasteiger partial charge is 0.506 e. The number of carbonyl (C=O) groups is 2. The first-order valence-electron chi connectivity index (χ1n) is 14.6. The van der Waals surface area contributed by atoms with E-state index in [4.69, 9.17) is 4.74 Å². The van der Waals surface area contributed by atoms with Crippen LogP contribution in [0.3, 0.4) is 0 Å². The monoisotopic (exact) mass is 602 g/mol. The van der Waals surface area contributed by atoms with E-state index in [2.05, 4.69) is 13.8 Å². The topological polar surface area (TPSA) is 70.1 Å². The number of phenolic OH excluding ortho intramolecular Hbond substituents is 1. The molecular weight excluding hydrogens is 565 g/mol. The van der Waals surface area contributed by atoms with E-state index >= 15 is 0 Å². The number of thioether (sulfide) groups is 2. The minimum Gasteiger partial charge on any atom is -0.506 e. The van der Waals surface area contributed by atoms with Crippen LogP contribution < -0.4 is 4.74 Å². The third kappa shape index (κ3) is 6.06. The maximum atomic E-state index is 14.0. The Morgan fingerprint density at radius 3 is 1.88 bits per heavy atom. The molecule has 2 aliphatic heterocycles. The molecule has 8 heteroatoms. The summed E-state index contributed by atoms with van der Waals surface area (Å²) >= 11 is 2.65. The molecule has 1 saturated heterocycles. The van der Waals surface area contributed by atoms with E-state index in [0.717, 1.165) is 58.6 Å². The van der Waals surface area contributed by atoms with E-state index in [-0.39, 0.29) is 36.2 Å². The lowest BCUT2D eigenvalue weighted by molar-refractivity contribution is -0.149. The van der Waals surface area contributed by atoms with E-state index in [1.54, 1.807) is 10.0 Å². The molecule has 5 rings (SSSR count). The normalized spacial score (nSPS) is 15.5. The maximum absolute atomic E-state index is 14.0. The van der Waals surface area contributed by atoms with Crippen molar-refractivity contribution in [1.29, 1.82) is 0 Å². The quantitative estimate of drug-likeness (QED) is 0.177. The lowest BCUT2D eigenvalue weighted by Gasteiger charge is -2.27. The van der Waals surface area contributed by atoms with Crippen molar-refractivity contribution < 1.29 is 19.4 Å². The van der Waals surface area contributed by atoms with E-state index in [1.165, 1.54) is 23.5 Å². The molecule has 1 N–H and O–H groups in total. The summed E-state index contributed by atoms with van der Waals surface area (Å²) in [6.07, 6.45) is 4.46. The number of phenols is 1. The molecule has 2 aliphatic rings. The van der Waals surface area contributed by atoms with Crippen LogP contribution in [0.15, 0.2) is 80.3 Å². The smallest absolute Gasteiger partial charge is 0.280 e. The lowest BCUT2D eigenvalue weighted by Crippen LogP contribution is -2.39.